The van der Waals surface area contributed by atoms with Crippen molar-refractivity contribution in [1.82, 2.24) is 0 Å². The van der Waals surface area contributed by atoms with Gasteiger partial charge in [-0.15, -0.1) is 0 Å². The van der Waals surface area contributed by atoms with Gasteiger partial charge in [0.2, 0.25) is 0 Å². The molecule has 6 atom stereocenters. The molecule has 0 radical (unpaired) electrons. The smallest absolute Gasteiger partial charge is 0.186 e. The maximum absolute atomic E-state index is 11.3. The highest BCUT2D eigenvalue weighted by atomic mass is 16.7. The standard InChI is InChI=1S/C56H88O8/c1-3-5-7-9-11-13-15-17-19-21-23-34-42-60-44-50(61-43-35-24-22-20-18-16-14-12-10-8-6-4-2)45-62-55-54(59)53(58)52(57)51(64-55)46-63-56(47-36-28-25-29-37-47,48-38-30-26-31-39-48)49-40-32-27-33-41-49/h25-33,36-41,50-55,57-59H,3-24,34-35,42-46H2,1-2H3/t50-,51-,52+,53+,54-,55+/m1/s1. The minimum atomic E-state index is -1.51. The summed E-state index contributed by atoms with van der Waals surface area (Å²) in [5.74, 6) is 0. The van der Waals surface area contributed by atoms with Crippen molar-refractivity contribution in [3.63, 3.8) is 0 Å². The first-order valence-electron chi connectivity index (χ1n) is 25.8. The van der Waals surface area contributed by atoms with E-state index in [9.17, 15) is 15.3 Å². The Balaban J connectivity index is 1.30. The molecule has 1 aliphatic heterocycles. The van der Waals surface area contributed by atoms with Gasteiger partial charge in [-0.2, -0.15) is 0 Å². The highest BCUT2D eigenvalue weighted by molar-refractivity contribution is 5.47. The molecule has 0 spiro atoms. The lowest BCUT2D eigenvalue weighted by Crippen LogP contribution is -2.60. The lowest BCUT2D eigenvalue weighted by Gasteiger charge is -2.42. The number of unbranched alkanes of at least 4 members (excludes halogenated alkanes) is 22. The molecule has 8 nitrogen and oxygen atoms in total. The zero-order valence-corrected chi connectivity index (χ0v) is 40.0. The van der Waals surface area contributed by atoms with Crippen molar-refractivity contribution < 1.29 is 39.0 Å². The maximum atomic E-state index is 11.3. The van der Waals surface area contributed by atoms with Crippen molar-refractivity contribution in [3.05, 3.63) is 108 Å². The van der Waals surface area contributed by atoms with Crippen LogP contribution in [0, 0.1) is 0 Å². The molecule has 64 heavy (non-hydrogen) atoms. The summed E-state index contributed by atoms with van der Waals surface area (Å²) >= 11 is 0. The predicted octanol–water partition coefficient (Wildman–Crippen LogP) is 12.6. The normalized spacial score (nSPS) is 19.5. The molecule has 0 saturated carbocycles. The third-order valence-electron chi connectivity index (χ3n) is 12.9. The molecule has 0 amide bonds. The van der Waals surface area contributed by atoms with Gasteiger partial charge in [0.1, 0.15) is 36.1 Å². The zero-order chi connectivity index (χ0) is 45.3. The van der Waals surface area contributed by atoms with Gasteiger partial charge in [0.15, 0.2) is 6.29 Å². The fourth-order valence-corrected chi connectivity index (χ4v) is 8.97. The van der Waals surface area contributed by atoms with Crippen LogP contribution in [-0.2, 0) is 29.3 Å². The van der Waals surface area contributed by atoms with E-state index >= 15 is 0 Å². The molecule has 1 saturated heterocycles. The molecule has 8 heteroatoms. The van der Waals surface area contributed by atoms with Gasteiger partial charge in [0.05, 0.1) is 19.8 Å². The van der Waals surface area contributed by atoms with Crippen LogP contribution in [0.25, 0.3) is 0 Å². The molecule has 3 aromatic rings. The van der Waals surface area contributed by atoms with Crippen molar-refractivity contribution in [1.29, 1.82) is 0 Å². The van der Waals surface area contributed by atoms with Gasteiger partial charge >= 0.3 is 0 Å². The molecule has 4 rings (SSSR count). The second kappa shape index (κ2) is 33.8. The van der Waals surface area contributed by atoms with Crippen molar-refractivity contribution in [3.8, 4) is 0 Å². The fourth-order valence-electron chi connectivity index (χ4n) is 8.97. The van der Waals surface area contributed by atoms with Crippen LogP contribution >= 0.6 is 0 Å². The minimum absolute atomic E-state index is 0.0927. The number of rotatable bonds is 38. The first-order valence-corrected chi connectivity index (χ1v) is 25.8. The Hall–Kier alpha value is -2.66. The van der Waals surface area contributed by atoms with E-state index in [1.54, 1.807) is 0 Å². The van der Waals surface area contributed by atoms with Crippen LogP contribution in [0.3, 0.4) is 0 Å². The minimum Gasteiger partial charge on any atom is -0.387 e. The van der Waals surface area contributed by atoms with Gasteiger partial charge in [0, 0.05) is 13.2 Å². The SMILES string of the molecule is CCCCCCCCCCCCCCOC[C@H](CO[C@H]1O[C@H](COC(c2ccccc2)(c2ccccc2)c2ccccc2)[C@H](O)[C@H](O)[C@H]1O)OCCCCCCCCCCCCCC. The summed E-state index contributed by atoms with van der Waals surface area (Å²) < 4.78 is 32.0. The van der Waals surface area contributed by atoms with Crippen LogP contribution in [-0.4, -0.2) is 85.2 Å². The largest absolute Gasteiger partial charge is 0.387 e. The predicted molar refractivity (Wildman–Crippen MR) is 261 cm³/mol. The molecule has 1 heterocycles. The van der Waals surface area contributed by atoms with Crippen LogP contribution in [0.1, 0.15) is 185 Å². The summed E-state index contributed by atoms with van der Waals surface area (Å²) in [6.45, 7) is 6.18. The number of ether oxygens (including phenoxy) is 5. The molecular weight excluding hydrogens is 801 g/mol. The molecule has 3 N–H and O–H groups in total. The Morgan fingerprint density at radius 1 is 0.469 bits per heavy atom. The van der Waals surface area contributed by atoms with E-state index in [0.29, 0.717) is 19.8 Å². The zero-order valence-electron chi connectivity index (χ0n) is 40.0. The molecule has 1 fully saturated rings. The molecule has 360 valence electrons. The summed E-state index contributed by atoms with van der Waals surface area (Å²) in [5, 5.41) is 33.6. The molecule has 0 bridgehead atoms. The molecular formula is C56H88O8. The molecule has 0 aliphatic carbocycles. The topological polar surface area (TPSA) is 107 Å². The Labute approximate surface area is 388 Å². The second-order valence-corrected chi connectivity index (χ2v) is 18.3. The van der Waals surface area contributed by atoms with Gasteiger partial charge in [-0.25, -0.2) is 0 Å². The Morgan fingerprint density at radius 2 is 0.859 bits per heavy atom. The van der Waals surface area contributed by atoms with Crippen molar-refractivity contribution >= 4 is 0 Å². The highest BCUT2D eigenvalue weighted by Crippen LogP contribution is 2.41. The van der Waals surface area contributed by atoms with Crippen LogP contribution in [0.4, 0.5) is 0 Å². The first kappa shape index (κ1) is 54.0. The van der Waals surface area contributed by atoms with E-state index in [0.717, 1.165) is 42.4 Å². The molecule has 0 aromatic heterocycles. The van der Waals surface area contributed by atoms with Gasteiger partial charge in [-0.1, -0.05) is 246 Å². The number of hydrogen-bond donors (Lipinski definition) is 3. The van der Waals surface area contributed by atoms with Gasteiger partial charge < -0.3 is 39.0 Å². The average molecular weight is 889 g/mol. The van der Waals surface area contributed by atoms with Crippen LogP contribution in [0.2, 0.25) is 0 Å². The van der Waals surface area contributed by atoms with E-state index in [1.165, 1.54) is 128 Å². The van der Waals surface area contributed by atoms with E-state index in [2.05, 4.69) is 13.8 Å². The highest BCUT2D eigenvalue weighted by Gasteiger charge is 2.46. The van der Waals surface area contributed by atoms with Crippen molar-refractivity contribution in [2.24, 2.45) is 0 Å². The summed E-state index contributed by atoms with van der Waals surface area (Å²) in [4.78, 5) is 0. The summed E-state index contributed by atoms with van der Waals surface area (Å²) in [5.41, 5.74) is 1.66. The maximum Gasteiger partial charge on any atom is 0.186 e. The number of benzene rings is 3. The summed E-state index contributed by atoms with van der Waals surface area (Å²) in [6, 6.07) is 30.0. The lowest BCUT2D eigenvalue weighted by atomic mass is 9.80. The van der Waals surface area contributed by atoms with Crippen molar-refractivity contribution in [2.75, 3.05) is 33.0 Å². The molecule has 0 unspecified atom stereocenters. The third kappa shape index (κ3) is 19.7. The van der Waals surface area contributed by atoms with Crippen LogP contribution < -0.4 is 0 Å². The Kier molecular flexibility index (Phi) is 28.5. The van der Waals surface area contributed by atoms with Gasteiger partial charge in [0.25, 0.3) is 0 Å². The average Bonchev–Trinajstić information content (AvgIpc) is 3.33. The van der Waals surface area contributed by atoms with E-state index in [4.69, 9.17) is 23.7 Å². The van der Waals surface area contributed by atoms with Crippen LogP contribution in [0.15, 0.2) is 91.0 Å². The summed E-state index contributed by atoms with van der Waals surface area (Å²) in [6.07, 6.45) is 23.9. The molecule has 1 aliphatic rings. The van der Waals surface area contributed by atoms with Gasteiger partial charge in [-0.3, -0.25) is 0 Å². The summed E-state index contributed by atoms with van der Waals surface area (Å²) in [7, 11) is 0. The fraction of sp³-hybridized carbons (Fsp3) is 0.679. The van der Waals surface area contributed by atoms with Crippen LogP contribution in [0.5, 0.6) is 0 Å². The number of aliphatic hydroxyl groups excluding tert-OH is 3. The number of hydrogen-bond acceptors (Lipinski definition) is 8. The van der Waals surface area contributed by atoms with E-state index in [1.807, 2.05) is 91.0 Å². The second-order valence-electron chi connectivity index (χ2n) is 18.3. The van der Waals surface area contributed by atoms with Gasteiger partial charge in [-0.05, 0) is 29.5 Å². The first-order chi connectivity index (χ1) is 31.5. The third-order valence-corrected chi connectivity index (χ3v) is 12.9. The molecule has 3 aromatic carbocycles. The van der Waals surface area contributed by atoms with E-state index < -0.39 is 36.3 Å². The monoisotopic (exact) mass is 889 g/mol. The lowest BCUT2D eigenvalue weighted by molar-refractivity contribution is -0.310. The van der Waals surface area contributed by atoms with Crippen molar-refractivity contribution in [2.45, 2.75) is 210 Å². The van der Waals surface area contributed by atoms with E-state index in [-0.39, 0.29) is 19.3 Å². The Morgan fingerprint density at radius 3 is 1.28 bits per heavy atom. The quantitative estimate of drug-likeness (QED) is 0.0386. The number of aliphatic hydroxyl groups is 3. The Bertz CT molecular complexity index is 1410.